The minimum atomic E-state index is -2.75. The van der Waals surface area contributed by atoms with Crippen LogP contribution < -0.4 is 0 Å². The molecule has 2 heterocycles. The molecule has 0 saturated carbocycles. The molecule has 0 radical (unpaired) electrons. The Hall–Kier alpha value is -4.21. The molecule has 5 nitrogen and oxygen atoms in total. The number of ketones is 2. The number of pyridine rings is 1. The van der Waals surface area contributed by atoms with Gasteiger partial charge in [0.15, 0.2) is 11.6 Å². The molecular formula is C32H28F5N3O2. The van der Waals surface area contributed by atoms with E-state index in [1.807, 2.05) is 0 Å². The molecule has 10 heteroatoms. The van der Waals surface area contributed by atoms with Crippen LogP contribution >= 0.6 is 0 Å². The van der Waals surface area contributed by atoms with Gasteiger partial charge in [0, 0.05) is 41.4 Å². The fourth-order valence-electron chi connectivity index (χ4n) is 5.74. The summed E-state index contributed by atoms with van der Waals surface area (Å²) < 4.78 is 71.2. The average Bonchev–Trinajstić information content (AvgIpc) is 3.31. The van der Waals surface area contributed by atoms with E-state index in [0.29, 0.717) is 46.5 Å². The monoisotopic (exact) mass is 581 g/mol. The van der Waals surface area contributed by atoms with Gasteiger partial charge in [-0.3, -0.25) is 19.3 Å². The predicted octanol–water partition coefficient (Wildman–Crippen LogP) is 7.37. The lowest BCUT2D eigenvalue weighted by molar-refractivity contribution is -0.120. The third kappa shape index (κ3) is 6.32. The van der Waals surface area contributed by atoms with E-state index in [1.54, 1.807) is 12.1 Å². The molecule has 0 saturated heterocycles. The van der Waals surface area contributed by atoms with E-state index < -0.39 is 35.6 Å². The molecule has 2 aromatic carbocycles. The summed E-state index contributed by atoms with van der Waals surface area (Å²) in [5.74, 6) is -3.71. The van der Waals surface area contributed by atoms with Gasteiger partial charge in [0.25, 0.3) is 6.43 Å². The zero-order valence-corrected chi connectivity index (χ0v) is 22.8. The van der Waals surface area contributed by atoms with Gasteiger partial charge in [-0.05, 0) is 80.5 Å². The Kier molecular flexibility index (Phi) is 8.61. The maximum atomic E-state index is 14.3. The molecule has 1 aliphatic rings. The number of aromatic nitrogens is 3. The first-order valence-electron chi connectivity index (χ1n) is 13.7. The molecule has 4 aromatic rings. The minimum Gasteiger partial charge on any atom is -0.298 e. The van der Waals surface area contributed by atoms with Gasteiger partial charge >= 0.3 is 0 Å². The molecule has 2 aromatic heterocycles. The number of nitrogens with zero attached hydrogens (tertiary/aromatic N) is 3. The molecular weight excluding hydrogens is 553 g/mol. The molecule has 5 rings (SSSR count). The van der Waals surface area contributed by atoms with Gasteiger partial charge in [0.05, 0.1) is 17.8 Å². The first kappa shape index (κ1) is 29.3. The number of Topliss-reactive ketones (excluding diaryl/α,β-unsaturated/α-hetero) is 2. The largest absolute Gasteiger partial charge is 0.298 e. The van der Waals surface area contributed by atoms with Gasteiger partial charge in [-0.2, -0.15) is 5.10 Å². The lowest BCUT2D eigenvalue weighted by atomic mass is 9.86. The summed E-state index contributed by atoms with van der Waals surface area (Å²) in [5, 5.41) is 4.08. The van der Waals surface area contributed by atoms with Gasteiger partial charge in [-0.15, -0.1) is 0 Å². The van der Waals surface area contributed by atoms with Crippen molar-refractivity contribution in [3.8, 4) is 11.1 Å². The topological polar surface area (TPSA) is 64.8 Å². The van der Waals surface area contributed by atoms with Gasteiger partial charge in [0.1, 0.15) is 23.1 Å². The second kappa shape index (κ2) is 12.3. The Labute approximate surface area is 239 Å². The molecule has 1 aliphatic carbocycles. The van der Waals surface area contributed by atoms with Crippen molar-refractivity contribution in [1.29, 1.82) is 0 Å². The van der Waals surface area contributed by atoms with Crippen molar-refractivity contribution in [2.24, 2.45) is 0 Å². The van der Waals surface area contributed by atoms with Crippen LogP contribution in [0.1, 0.15) is 77.1 Å². The van der Waals surface area contributed by atoms with Crippen LogP contribution in [0.2, 0.25) is 0 Å². The molecule has 0 aliphatic heterocycles. The summed E-state index contributed by atoms with van der Waals surface area (Å²) in [4.78, 5) is 30.0. The molecule has 0 bridgehead atoms. The fraction of sp³-hybridized carbons (Fsp3) is 0.312. The molecule has 0 N–H and O–H groups in total. The summed E-state index contributed by atoms with van der Waals surface area (Å²) in [6.45, 7) is 1.01. The number of hydrogen-bond acceptors (Lipinski definition) is 4. The fourth-order valence-corrected chi connectivity index (χ4v) is 5.74. The van der Waals surface area contributed by atoms with Crippen LogP contribution in [0.4, 0.5) is 22.0 Å². The van der Waals surface area contributed by atoms with Crippen LogP contribution in [-0.4, -0.2) is 26.3 Å². The van der Waals surface area contributed by atoms with E-state index in [-0.39, 0.29) is 36.4 Å². The van der Waals surface area contributed by atoms with Crippen LogP contribution in [-0.2, 0) is 30.6 Å². The standard InChI is InChI=1S/C32H28F5N3O2/c1-18(41)27-15-20(8-9-28(27)35)25-6-4-10-38-30(25)21(11-19-12-22(33)16-23(34)13-19)14-24(42)17-40-29-7-3-2-5-26(29)31(39-40)32(36)37/h4,6,8-10,12-13,15-16,21,32H,2-3,5,7,11,14,17H2,1H3/t21-/m1/s1. The van der Waals surface area contributed by atoms with Crippen molar-refractivity contribution in [3.05, 3.63) is 106 Å². The SMILES string of the molecule is CC(=O)c1cc(-c2cccnc2[C@@H](CC(=O)Cn2nc(C(F)F)c3c2CCCC3)Cc2cc(F)cc(F)c2)ccc1F. The highest BCUT2D eigenvalue weighted by molar-refractivity contribution is 5.95. The maximum Gasteiger partial charge on any atom is 0.282 e. The number of fused-ring (bicyclic) bond motifs is 1. The third-order valence-electron chi connectivity index (χ3n) is 7.58. The zero-order valence-electron chi connectivity index (χ0n) is 22.8. The molecule has 0 spiro atoms. The van der Waals surface area contributed by atoms with Gasteiger partial charge in [-0.25, -0.2) is 22.0 Å². The number of alkyl halides is 2. The number of hydrogen-bond donors (Lipinski definition) is 0. The number of carbonyl (C=O) groups is 2. The van der Waals surface area contributed by atoms with E-state index in [4.69, 9.17) is 0 Å². The number of benzene rings is 2. The molecule has 42 heavy (non-hydrogen) atoms. The Balaban J connectivity index is 1.52. The van der Waals surface area contributed by atoms with Crippen molar-refractivity contribution < 1.29 is 31.5 Å². The van der Waals surface area contributed by atoms with E-state index in [2.05, 4.69) is 10.1 Å². The summed E-state index contributed by atoms with van der Waals surface area (Å²) in [6, 6.07) is 10.5. The van der Waals surface area contributed by atoms with Crippen molar-refractivity contribution in [2.75, 3.05) is 0 Å². The van der Waals surface area contributed by atoms with Crippen molar-refractivity contribution in [1.82, 2.24) is 14.8 Å². The third-order valence-corrected chi connectivity index (χ3v) is 7.58. The van der Waals surface area contributed by atoms with Gasteiger partial charge in [0.2, 0.25) is 0 Å². The highest BCUT2D eigenvalue weighted by Crippen LogP contribution is 2.34. The normalized spacial score (nSPS) is 13.7. The second-order valence-corrected chi connectivity index (χ2v) is 10.6. The van der Waals surface area contributed by atoms with Crippen LogP contribution in [0.25, 0.3) is 11.1 Å². The molecule has 1 atom stereocenters. The Bertz CT molecular complexity index is 1630. The number of rotatable bonds is 10. The number of halogens is 5. The lowest BCUT2D eigenvalue weighted by Gasteiger charge is -2.20. The minimum absolute atomic E-state index is 0.0324. The summed E-state index contributed by atoms with van der Waals surface area (Å²) in [7, 11) is 0. The summed E-state index contributed by atoms with van der Waals surface area (Å²) >= 11 is 0. The summed E-state index contributed by atoms with van der Waals surface area (Å²) in [6.07, 6.45) is 1.25. The Morgan fingerprint density at radius 2 is 1.69 bits per heavy atom. The molecule has 218 valence electrons. The van der Waals surface area contributed by atoms with Crippen molar-refractivity contribution in [3.63, 3.8) is 0 Å². The quantitative estimate of drug-likeness (QED) is 0.145. The Morgan fingerprint density at radius 3 is 2.40 bits per heavy atom. The summed E-state index contributed by atoms with van der Waals surface area (Å²) in [5.41, 5.74) is 2.43. The maximum absolute atomic E-state index is 14.3. The van der Waals surface area contributed by atoms with E-state index in [1.165, 1.54) is 48.1 Å². The van der Waals surface area contributed by atoms with Crippen LogP contribution in [0, 0.1) is 17.5 Å². The predicted molar refractivity (Wildman–Crippen MR) is 146 cm³/mol. The highest BCUT2D eigenvalue weighted by atomic mass is 19.3. The van der Waals surface area contributed by atoms with Crippen LogP contribution in [0.3, 0.4) is 0 Å². The first-order chi connectivity index (χ1) is 20.1. The molecule has 0 unspecified atom stereocenters. The van der Waals surface area contributed by atoms with E-state index in [0.717, 1.165) is 18.9 Å². The van der Waals surface area contributed by atoms with Gasteiger partial charge < -0.3 is 0 Å². The smallest absolute Gasteiger partial charge is 0.282 e. The average molecular weight is 582 g/mol. The first-order valence-corrected chi connectivity index (χ1v) is 13.7. The molecule has 0 amide bonds. The lowest BCUT2D eigenvalue weighted by Crippen LogP contribution is -2.19. The second-order valence-electron chi connectivity index (χ2n) is 10.6. The Morgan fingerprint density at radius 1 is 0.952 bits per heavy atom. The van der Waals surface area contributed by atoms with Crippen molar-refractivity contribution in [2.45, 2.75) is 64.3 Å². The zero-order chi connectivity index (χ0) is 30.0. The van der Waals surface area contributed by atoms with Gasteiger partial charge in [-0.1, -0.05) is 12.1 Å². The number of carbonyl (C=O) groups excluding carboxylic acids is 2. The molecule has 0 fully saturated rings. The van der Waals surface area contributed by atoms with Crippen LogP contribution in [0.15, 0.2) is 54.7 Å². The van der Waals surface area contributed by atoms with Crippen LogP contribution in [0.5, 0.6) is 0 Å². The van der Waals surface area contributed by atoms with E-state index in [9.17, 15) is 31.5 Å². The van der Waals surface area contributed by atoms with Crippen molar-refractivity contribution >= 4 is 11.6 Å². The van der Waals surface area contributed by atoms with E-state index >= 15 is 0 Å². The highest BCUT2D eigenvalue weighted by Gasteiger charge is 2.28.